The van der Waals surface area contributed by atoms with Crippen LogP contribution in [0.25, 0.3) is 0 Å². The molecule has 2 unspecified atom stereocenters. The molecule has 2 fully saturated rings. The normalized spacial score (nSPS) is 44.0. The van der Waals surface area contributed by atoms with Gasteiger partial charge in [0, 0.05) is 6.61 Å². The van der Waals surface area contributed by atoms with Gasteiger partial charge >= 0.3 is 0 Å². The van der Waals surface area contributed by atoms with Crippen molar-refractivity contribution in [1.82, 2.24) is 0 Å². The molecular formula is C10H12O2. The highest BCUT2D eigenvalue weighted by molar-refractivity contribution is 5.35. The molecule has 0 saturated carbocycles. The number of hydrogen-bond donors (Lipinski definition) is 0. The quantitative estimate of drug-likeness (QED) is 0.505. The van der Waals surface area contributed by atoms with E-state index in [0.717, 1.165) is 19.6 Å². The zero-order valence-electron chi connectivity index (χ0n) is 6.95. The highest BCUT2D eigenvalue weighted by Gasteiger charge is 2.53. The van der Waals surface area contributed by atoms with E-state index in [1.807, 2.05) is 0 Å². The van der Waals surface area contributed by atoms with E-state index in [-0.39, 0.29) is 11.7 Å². The Morgan fingerprint density at radius 3 is 3.25 bits per heavy atom. The van der Waals surface area contributed by atoms with Crippen molar-refractivity contribution in [2.75, 3.05) is 13.2 Å². The molecule has 2 atom stereocenters. The first-order chi connectivity index (χ1) is 5.91. The van der Waals surface area contributed by atoms with E-state index < -0.39 is 0 Å². The zero-order chi connectivity index (χ0) is 8.02. The van der Waals surface area contributed by atoms with Crippen LogP contribution in [-0.4, -0.2) is 24.9 Å². The number of fused-ring (bicyclic) bond motifs is 2. The average Bonchev–Trinajstić information content (AvgIpc) is 2.87. The van der Waals surface area contributed by atoms with Crippen LogP contribution >= 0.6 is 0 Å². The zero-order valence-corrected chi connectivity index (χ0v) is 6.95. The molecule has 0 aromatic heterocycles. The van der Waals surface area contributed by atoms with Gasteiger partial charge in [-0.15, -0.1) is 0 Å². The molecule has 2 aliphatic heterocycles. The van der Waals surface area contributed by atoms with Crippen LogP contribution in [0.3, 0.4) is 0 Å². The Morgan fingerprint density at radius 2 is 2.42 bits per heavy atom. The maximum Gasteiger partial charge on any atom is 0.140 e. The van der Waals surface area contributed by atoms with E-state index in [1.54, 1.807) is 0 Å². The van der Waals surface area contributed by atoms with Crippen molar-refractivity contribution in [3.05, 3.63) is 23.8 Å². The Labute approximate surface area is 71.9 Å². The first kappa shape index (κ1) is 6.87. The van der Waals surface area contributed by atoms with E-state index in [1.165, 1.54) is 12.0 Å². The summed E-state index contributed by atoms with van der Waals surface area (Å²) in [6.07, 6.45) is 8.99. The van der Waals surface area contributed by atoms with Crippen molar-refractivity contribution in [2.45, 2.75) is 24.5 Å². The molecule has 0 aromatic carbocycles. The maximum atomic E-state index is 5.72. The van der Waals surface area contributed by atoms with Crippen molar-refractivity contribution in [2.24, 2.45) is 0 Å². The fourth-order valence-corrected chi connectivity index (χ4v) is 2.09. The minimum absolute atomic E-state index is 0.0511. The first-order valence-corrected chi connectivity index (χ1v) is 4.55. The Balaban J connectivity index is 1.95. The van der Waals surface area contributed by atoms with Crippen LogP contribution in [0.15, 0.2) is 23.8 Å². The van der Waals surface area contributed by atoms with Crippen LogP contribution in [0.2, 0.25) is 0 Å². The van der Waals surface area contributed by atoms with Gasteiger partial charge in [-0.05, 0) is 24.5 Å². The van der Waals surface area contributed by atoms with Crippen molar-refractivity contribution in [1.29, 1.82) is 0 Å². The topological polar surface area (TPSA) is 21.8 Å². The van der Waals surface area contributed by atoms with Crippen molar-refractivity contribution < 1.29 is 9.47 Å². The molecule has 64 valence electrons. The van der Waals surface area contributed by atoms with Crippen molar-refractivity contribution >= 4 is 0 Å². The van der Waals surface area contributed by atoms with E-state index in [2.05, 4.69) is 18.2 Å². The molecule has 0 bridgehead atoms. The Hall–Kier alpha value is -0.600. The molecule has 0 radical (unpaired) electrons. The molecule has 2 nitrogen and oxygen atoms in total. The predicted molar refractivity (Wildman–Crippen MR) is 44.9 cm³/mol. The molecule has 2 heteroatoms. The molecule has 2 saturated heterocycles. The average molecular weight is 164 g/mol. The molecule has 1 aliphatic carbocycles. The molecule has 0 amide bonds. The second kappa shape index (κ2) is 2.21. The summed E-state index contributed by atoms with van der Waals surface area (Å²) in [6, 6.07) is 0. The second-order valence-corrected chi connectivity index (χ2v) is 3.70. The van der Waals surface area contributed by atoms with Gasteiger partial charge in [-0.2, -0.15) is 0 Å². The predicted octanol–water partition coefficient (Wildman–Crippen LogP) is 1.43. The number of hydrogen-bond acceptors (Lipinski definition) is 2. The lowest BCUT2D eigenvalue weighted by Gasteiger charge is -2.31. The first-order valence-electron chi connectivity index (χ1n) is 4.55. The van der Waals surface area contributed by atoms with Gasteiger partial charge in [-0.3, -0.25) is 0 Å². The monoisotopic (exact) mass is 164 g/mol. The molecule has 2 heterocycles. The van der Waals surface area contributed by atoms with E-state index in [0.29, 0.717) is 0 Å². The van der Waals surface area contributed by atoms with Crippen LogP contribution < -0.4 is 0 Å². The molecule has 0 N–H and O–H groups in total. The standard InChI is InChI=1S/C10H12O2/c1-3-8-4-2-6-11-9(8)10(5-1)7-12-10/h1,3,5,9H,2,4,6-7H2. The third kappa shape index (κ3) is 0.822. The lowest BCUT2D eigenvalue weighted by Crippen LogP contribution is -2.37. The SMILES string of the molecule is C1=CC2(CO2)C2OCCCC2=C1. The molecule has 12 heavy (non-hydrogen) atoms. The number of allylic oxidation sites excluding steroid dienone is 2. The Morgan fingerprint density at radius 1 is 1.50 bits per heavy atom. The summed E-state index contributed by atoms with van der Waals surface area (Å²) in [5.74, 6) is 0. The summed E-state index contributed by atoms with van der Waals surface area (Å²) in [6.45, 7) is 1.73. The Bertz CT molecular complexity index is 261. The van der Waals surface area contributed by atoms with Crippen molar-refractivity contribution in [3.8, 4) is 0 Å². The minimum Gasteiger partial charge on any atom is -0.370 e. The van der Waals surface area contributed by atoms with Gasteiger partial charge in [0.2, 0.25) is 0 Å². The van der Waals surface area contributed by atoms with E-state index >= 15 is 0 Å². The van der Waals surface area contributed by atoms with Crippen LogP contribution in [0.4, 0.5) is 0 Å². The van der Waals surface area contributed by atoms with E-state index in [4.69, 9.17) is 9.47 Å². The summed E-state index contributed by atoms with van der Waals surface area (Å²) in [5, 5.41) is 0. The number of epoxide rings is 1. The van der Waals surface area contributed by atoms with Crippen LogP contribution in [0.1, 0.15) is 12.8 Å². The molecular weight excluding hydrogens is 152 g/mol. The van der Waals surface area contributed by atoms with E-state index in [9.17, 15) is 0 Å². The van der Waals surface area contributed by atoms with Gasteiger partial charge < -0.3 is 9.47 Å². The highest BCUT2D eigenvalue weighted by atomic mass is 16.6. The molecule has 3 aliphatic rings. The Kier molecular flexibility index (Phi) is 1.26. The number of ether oxygens (including phenoxy) is 2. The molecule has 0 aromatic rings. The third-order valence-electron chi connectivity index (χ3n) is 2.84. The molecule has 3 rings (SSSR count). The fourth-order valence-electron chi connectivity index (χ4n) is 2.09. The van der Waals surface area contributed by atoms with Crippen molar-refractivity contribution in [3.63, 3.8) is 0 Å². The summed E-state index contributed by atoms with van der Waals surface area (Å²) in [4.78, 5) is 0. The van der Waals surface area contributed by atoms with Gasteiger partial charge in [0.05, 0.1) is 6.61 Å². The lowest BCUT2D eigenvalue weighted by atomic mass is 9.87. The summed E-state index contributed by atoms with van der Waals surface area (Å²) >= 11 is 0. The summed E-state index contributed by atoms with van der Waals surface area (Å²) < 4.78 is 11.2. The summed E-state index contributed by atoms with van der Waals surface area (Å²) in [5.41, 5.74) is 1.37. The summed E-state index contributed by atoms with van der Waals surface area (Å²) in [7, 11) is 0. The van der Waals surface area contributed by atoms with Crippen LogP contribution in [-0.2, 0) is 9.47 Å². The van der Waals surface area contributed by atoms with Gasteiger partial charge in [-0.25, -0.2) is 0 Å². The maximum absolute atomic E-state index is 5.72. The largest absolute Gasteiger partial charge is 0.370 e. The number of rotatable bonds is 0. The fraction of sp³-hybridized carbons (Fsp3) is 0.600. The third-order valence-corrected chi connectivity index (χ3v) is 2.84. The van der Waals surface area contributed by atoms with Crippen LogP contribution in [0.5, 0.6) is 0 Å². The van der Waals surface area contributed by atoms with Gasteiger partial charge in [-0.1, -0.05) is 12.2 Å². The molecule has 1 spiro atoms. The van der Waals surface area contributed by atoms with Gasteiger partial charge in [0.25, 0.3) is 0 Å². The van der Waals surface area contributed by atoms with Gasteiger partial charge in [0.1, 0.15) is 11.7 Å². The smallest absolute Gasteiger partial charge is 0.140 e. The highest BCUT2D eigenvalue weighted by Crippen LogP contribution is 2.42. The van der Waals surface area contributed by atoms with Gasteiger partial charge in [0.15, 0.2) is 0 Å². The minimum atomic E-state index is -0.0511. The van der Waals surface area contributed by atoms with Crippen LogP contribution in [0, 0.1) is 0 Å². The second-order valence-electron chi connectivity index (χ2n) is 3.70. The lowest BCUT2D eigenvalue weighted by molar-refractivity contribution is 0.0129.